The van der Waals surface area contributed by atoms with Crippen molar-refractivity contribution in [1.29, 1.82) is 0 Å². The van der Waals surface area contributed by atoms with E-state index in [2.05, 4.69) is 27.2 Å². The zero-order valence-electron chi connectivity index (χ0n) is 9.30. The Labute approximate surface area is 107 Å². The molecule has 0 aromatic carbocycles. The minimum absolute atomic E-state index is 0.0164. The molecule has 0 fully saturated rings. The largest absolute Gasteiger partial charge is 0.394 e. The molecule has 0 aliphatic carbocycles. The van der Waals surface area contributed by atoms with E-state index in [9.17, 15) is 0 Å². The molecule has 6 nitrogen and oxygen atoms in total. The van der Waals surface area contributed by atoms with Crippen LogP contribution < -0.4 is 0 Å². The first-order valence-corrected chi connectivity index (χ1v) is 6.63. The lowest BCUT2D eigenvalue weighted by molar-refractivity contribution is 0.270. The SMILES string of the molecule is CCCSc1nc(Cl)c2nnn(CCO)c2n1. The zero-order chi connectivity index (χ0) is 12.3. The molecule has 2 heterocycles. The maximum Gasteiger partial charge on any atom is 0.191 e. The molecule has 1 N–H and O–H groups in total. The third-order valence-electron chi connectivity index (χ3n) is 2.05. The van der Waals surface area contributed by atoms with E-state index in [1.165, 1.54) is 4.68 Å². The molecule has 2 rings (SSSR count). The topological polar surface area (TPSA) is 76.7 Å². The van der Waals surface area contributed by atoms with Crippen molar-refractivity contribution in [1.82, 2.24) is 25.0 Å². The summed E-state index contributed by atoms with van der Waals surface area (Å²) in [4.78, 5) is 8.50. The quantitative estimate of drug-likeness (QED) is 0.504. The van der Waals surface area contributed by atoms with Crippen molar-refractivity contribution >= 4 is 34.5 Å². The number of aromatic nitrogens is 5. The third-order valence-corrected chi connectivity index (χ3v) is 3.36. The smallest absolute Gasteiger partial charge is 0.191 e. The van der Waals surface area contributed by atoms with Gasteiger partial charge in [0.15, 0.2) is 21.5 Å². The van der Waals surface area contributed by atoms with Crippen LogP contribution in [0.2, 0.25) is 5.15 Å². The second-order valence-corrected chi connectivity index (χ2v) is 4.77. The highest BCUT2D eigenvalue weighted by Gasteiger charge is 2.13. The Morgan fingerprint density at radius 2 is 2.24 bits per heavy atom. The van der Waals surface area contributed by atoms with Gasteiger partial charge in [0, 0.05) is 5.75 Å². The van der Waals surface area contributed by atoms with E-state index in [0.717, 1.165) is 12.2 Å². The van der Waals surface area contributed by atoms with E-state index in [4.69, 9.17) is 16.7 Å². The van der Waals surface area contributed by atoms with Gasteiger partial charge in [0.1, 0.15) is 0 Å². The molecule has 2 aromatic rings. The minimum atomic E-state index is -0.0164. The number of hydrogen-bond donors (Lipinski definition) is 1. The Hall–Kier alpha value is -0.920. The summed E-state index contributed by atoms with van der Waals surface area (Å²) in [5.41, 5.74) is 1.04. The molecule has 2 aromatic heterocycles. The molecular weight excluding hydrogens is 262 g/mol. The second kappa shape index (κ2) is 5.61. The summed E-state index contributed by atoms with van der Waals surface area (Å²) >= 11 is 7.55. The van der Waals surface area contributed by atoms with Gasteiger partial charge in [-0.05, 0) is 6.42 Å². The predicted octanol–water partition coefficient (Wildman–Crippen LogP) is 1.37. The number of fused-ring (bicyclic) bond motifs is 1. The highest BCUT2D eigenvalue weighted by molar-refractivity contribution is 7.99. The fourth-order valence-electron chi connectivity index (χ4n) is 1.31. The maximum atomic E-state index is 8.91. The van der Waals surface area contributed by atoms with E-state index in [1.54, 1.807) is 11.8 Å². The van der Waals surface area contributed by atoms with Crippen molar-refractivity contribution in [3.63, 3.8) is 0 Å². The van der Waals surface area contributed by atoms with Crippen LogP contribution in [0.5, 0.6) is 0 Å². The van der Waals surface area contributed by atoms with Gasteiger partial charge in [-0.25, -0.2) is 14.6 Å². The van der Waals surface area contributed by atoms with Crippen molar-refractivity contribution in [3.8, 4) is 0 Å². The Kier molecular flexibility index (Phi) is 4.14. The first-order chi connectivity index (χ1) is 8.26. The molecule has 17 heavy (non-hydrogen) atoms. The minimum Gasteiger partial charge on any atom is -0.394 e. The van der Waals surface area contributed by atoms with Gasteiger partial charge < -0.3 is 5.11 Å². The summed E-state index contributed by atoms with van der Waals surface area (Å²) in [6.45, 7) is 2.42. The van der Waals surface area contributed by atoms with Gasteiger partial charge in [0.25, 0.3) is 0 Å². The highest BCUT2D eigenvalue weighted by atomic mass is 35.5. The first-order valence-electron chi connectivity index (χ1n) is 5.26. The molecule has 0 aliphatic heterocycles. The molecule has 0 radical (unpaired) electrons. The van der Waals surface area contributed by atoms with Crippen LogP contribution in [0.3, 0.4) is 0 Å². The summed E-state index contributed by atoms with van der Waals surface area (Å²) in [5.74, 6) is 0.934. The summed E-state index contributed by atoms with van der Waals surface area (Å²) in [6.07, 6.45) is 1.04. The van der Waals surface area contributed by atoms with Crippen molar-refractivity contribution in [2.24, 2.45) is 0 Å². The molecule has 0 bridgehead atoms. The average molecular weight is 274 g/mol. The van der Waals surface area contributed by atoms with Crippen molar-refractivity contribution < 1.29 is 5.11 Å². The molecule has 0 unspecified atom stereocenters. The molecule has 0 saturated carbocycles. The van der Waals surface area contributed by atoms with Gasteiger partial charge in [-0.1, -0.05) is 35.5 Å². The number of rotatable bonds is 5. The van der Waals surface area contributed by atoms with E-state index < -0.39 is 0 Å². The lowest BCUT2D eigenvalue weighted by Gasteiger charge is -2.01. The van der Waals surface area contributed by atoms with Crippen LogP contribution in [-0.2, 0) is 6.54 Å². The molecule has 0 aliphatic rings. The fourth-order valence-corrected chi connectivity index (χ4v) is 2.25. The average Bonchev–Trinajstić information content (AvgIpc) is 2.71. The van der Waals surface area contributed by atoms with E-state index in [1.807, 2.05) is 0 Å². The van der Waals surface area contributed by atoms with Gasteiger partial charge in [0.05, 0.1) is 13.2 Å². The first kappa shape index (κ1) is 12.5. The van der Waals surface area contributed by atoms with Crippen LogP contribution in [0.25, 0.3) is 11.2 Å². The summed E-state index contributed by atoms with van der Waals surface area (Å²) in [6, 6.07) is 0. The van der Waals surface area contributed by atoms with Crippen LogP contribution in [0.4, 0.5) is 0 Å². The molecule has 0 spiro atoms. The van der Waals surface area contributed by atoms with Crippen LogP contribution in [0, 0.1) is 0 Å². The lowest BCUT2D eigenvalue weighted by atomic mass is 10.5. The number of thioether (sulfide) groups is 1. The van der Waals surface area contributed by atoms with Gasteiger partial charge in [-0.15, -0.1) is 5.10 Å². The standard InChI is InChI=1S/C9H12ClN5OS/c1-2-5-17-9-11-7(10)6-8(12-9)15(3-4-16)14-13-6/h16H,2-5H2,1H3. The maximum absolute atomic E-state index is 8.91. The third kappa shape index (κ3) is 2.67. The number of nitrogens with zero attached hydrogens (tertiary/aromatic N) is 5. The zero-order valence-corrected chi connectivity index (χ0v) is 10.9. The van der Waals surface area contributed by atoms with Crippen molar-refractivity contribution in [2.45, 2.75) is 25.0 Å². The second-order valence-electron chi connectivity index (χ2n) is 3.35. The van der Waals surface area contributed by atoms with Crippen LogP contribution in [-0.4, -0.2) is 42.4 Å². The van der Waals surface area contributed by atoms with Gasteiger partial charge in [0.2, 0.25) is 0 Å². The predicted molar refractivity (Wildman–Crippen MR) is 66.2 cm³/mol. The summed E-state index contributed by atoms with van der Waals surface area (Å²) in [7, 11) is 0. The highest BCUT2D eigenvalue weighted by Crippen LogP contribution is 2.22. The monoisotopic (exact) mass is 273 g/mol. The molecule has 0 saturated heterocycles. The van der Waals surface area contributed by atoms with E-state index >= 15 is 0 Å². The fraction of sp³-hybridized carbons (Fsp3) is 0.556. The van der Waals surface area contributed by atoms with Crippen LogP contribution >= 0.6 is 23.4 Å². The van der Waals surface area contributed by atoms with Crippen molar-refractivity contribution in [2.75, 3.05) is 12.4 Å². The Balaban J connectivity index is 2.41. The number of aliphatic hydroxyl groups excluding tert-OH is 1. The Bertz CT molecular complexity index is 517. The van der Waals surface area contributed by atoms with Crippen LogP contribution in [0.15, 0.2) is 5.16 Å². The summed E-state index contributed by atoms with van der Waals surface area (Å²) < 4.78 is 1.53. The molecule has 92 valence electrons. The molecule has 0 amide bonds. The van der Waals surface area contributed by atoms with E-state index in [-0.39, 0.29) is 6.61 Å². The molecule has 0 atom stereocenters. The molecular formula is C9H12ClN5OS. The number of halogens is 1. The van der Waals surface area contributed by atoms with Gasteiger partial charge in [-0.3, -0.25) is 0 Å². The number of aliphatic hydroxyl groups is 1. The molecule has 8 heteroatoms. The van der Waals surface area contributed by atoms with Crippen molar-refractivity contribution in [3.05, 3.63) is 5.15 Å². The normalized spacial score (nSPS) is 11.2. The van der Waals surface area contributed by atoms with Gasteiger partial charge in [-0.2, -0.15) is 0 Å². The summed E-state index contributed by atoms with van der Waals surface area (Å²) in [5, 5.41) is 17.6. The Morgan fingerprint density at radius 1 is 1.41 bits per heavy atom. The van der Waals surface area contributed by atoms with Gasteiger partial charge >= 0.3 is 0 Å². The van der Waals surface area contributed by atoms with E-state index in [0.29, 0.717) is 28.0 Å². The number of hydrogen-bond acceptors (Lipinski definition) is 6. The van der Waals surface area contributed by atoms with Crippen LogP contribution in [0.1, 0.15) is 13.3 Å². The lowest BCUT2D eigenvalue weighted by Crippen LogP contribution is -2.05. The Morgan fingerprint density at radius 3 is 2.94 bits per heavy atom.